The number of rotatable bonds is 1. The van der Waals surface area contributed by atoms with E-state index in [2.05, 4.69) is 19.2 Å². The molecule has 0 aromatic rings. The highest BCUT2D eigenvalue weighted by Crippen LogP contribution is 2.40. The van der Waals surface area contributed by atoms with E-state index >= 15 is 0 Å². The van der Waals surface area contributed by atoms with Crippen molar-refractivity contribution in [2.45, 2.75) is 45.1 Å². The van der Waals surface area contributed by atoms with Crippen LogP contribution in [0.3, 0.4) is 0 Å². The van der Waals surface area contributed by atoms with Crippen LogP contribution in [0.5, 0.6) is 0 Å². The zero-order valence-electron chi connectivity index (χ0n) is 7.69. The molecule has 1 nitrogen and oxygen atoms in total. The average molecular weight is 153 g/mol. The van der Waals surface area contributed by atoms with Gasteiger partial charge >= 0.3 is 0 Å². The van der Waals surface area contributed by atoms with Crippen LogP contribution >= 0.6 is 0 Å². The molecule has 1 spiro atoms. The SMILES string of the molecule is CC(C)C1CCC2(CC1)CN2. The van der Waals surface area contributed by atoms with Crippen molar-refractivity contribution in [3.05, 3.63) is 0 Å². The van der Waals surface area contributed by atoms with Gasteiger partial charge in [0.15, 0.2) is 0 Å². The highest BCUT2D eigenvalue weighted by molar-refractivity contribution is 5.06. The van der Waals surface area contributed by atoms with Crippen LogP contribution in [0, 0.1) is 11.8 Å². The summed E-state index contributed by atoms with van der Waals surface area (Å²) in [6.45, 7) is 6.03. The lowest BCUT2D eigenvalue weighted by Gasteiger charge is -2.29. The fourth-order valence-electron chi connectivity index (χ4n) is 2.34. The number of hydrogen-bond acceptors (Lipinski definition) is 1. The van der Waals surface area contributed by atoms with Gasteiger partial charge in [0.1, 0.15) is 0 Å². The molecular formula is C10H19N. The molecule has 0 atom stereocenters. The molecule has 1 aliphatic heterocycles. The molecule has 0 radical (unpaired) electrons. The molecule has 1 saturated heterocycles. The van der Waals surface area contributed by atoms with Crippen LogP contribution in [0.2, 0.25) is 0 Å². The van der Waals surface area contributed by atoms with E-state index in [9.17, 15) is 0 Å². The predicted octanol–water partition coefficient (Wildman–Crippen LogP) is 2.17. The smallest absolute Gasteiger partial charge is 0.0307 e. The van der Waals surface area contributed by atoms with Crippen molar-refractivity contribution >= 4 is 0 Å². The van der Waals surface area contributed by atoms with E-state index in [1.54, 1.807) is 0 Å². The number of hydrogen-bond donors (Lipinski definition) is 1. The fraction of sp³-hybridized carbons (Fsp3) is 1.00. The molecule has 0 aromatic heterocycles. The first-order valence-corrected chi connectivity index (χ1v) is 4.97. The summed E-state index contributed by atoms with van der Waals surface area (Å²) in [5.74, 6) is 1.93. The van der Waals surface area contributed by atoms with Gasteiger partial charge in [0.05, 0.1) is 0 Å². The van der Waals surface area contributed by atoms with Crippen LogP contribution in [0.4, 0.5) is 0 Å². The minimum absolute atomic E-state index is 0.644. The van der Waals surface area contributed by atoms with E-state index in [0.717, 1.165) is 11.8 Å². The lowest BCUT2D eigenvalue weighted by Crippen LogP contribution is -2.26. The van der Waals surface area contributed by atoms with Crippen LogP contribution in [-0.2, 0) is 0 Å². The maximum absolute atomic E-state index is 3.51. The van der Waals surface area contributed by atoms with Crippen molar-refractivity contribution in [2.75, 3.05) is 6.54 Å². The second kappa shape index (κ2) is 2.48. The van der Waals surface area contributed by atoms with E-state index in [0.29, 0.717) is 5.54 Å². The highest BCUT2D eigenvalue weighted by atomic mass is 15.2. The first-order valence-electron chi connectivity index (χ1n) is 4.97. The second-order valence-electron chi connectivity index (χ2n) is 4.72. The maximum Gasteiger partial charge on any atom is 0.0307 e. The summed E-state index contributed by atoms with van der Waals surface area (Å²) in [7, 11) is 0. The van der Waals surface area contributed by atoms with Crippen molar-refractivity contribution < 1.29 is 0 Å². The Kier molecular flexibility index (Phi) is 1.71. The van der Waals surface area contributed by atoms with Crippen LogP contribution in [0.1, 0.15) is 39.5 Å². The Morgan fingerprint density at radius 2 is 1.82 bits per heavy atom. The van der Waals surface area contributed by atoms with Crippen LogP contribution < -0.4 is 5.32 Å². The van der Waals surface area contributed by atoms with Gasteiger partial charge in [-0.15, -0.1) is 0 Å². The topological polar surface area (TPSA) is 21.9 Å². The maximum atomic E-state index is 3.51. The Labute approximate surface area is 69.6 Å². The zero-order chi connectivity index (χ0) is 7.90. The molecular weight excluding hydrogens is 134 g/mol. The Hall–Kier alpha value is -0.0400. The monoisotopic (exact) mass is 153 g/mol. The van der Waals surface area contributed by atoms with Crippen molar-refractivity contribution in [3.8, 4) is 0 Å². The Balaban J connectivity index is 1.84. The first kappa shape index (κ1) is 7.60. The zero-order valence-corrected chi connectivity index (χ0v) is 7.69. The van der Waals surface area contributed by atoms with Gasteiger partial charge in [-0.1, -0.05) is 13.8 Å². The van der Waals surface area contributed by atoms with E-state index in [4.69, 9.17) is 0 Å². The lowest BCUT2D eigenvalue weighted by atomic mass is 9.77. The first-order chi connectivity index (χ1) is 5.22. The summed E-state index contributed by atoms with van der Waals surface area (Å²) < 4.78 is 0. The molecule has 1 heteroatoms. The second-order valence-corrected chi connectivity index (χ2v) is 4.72. The number of nitrogens with one attached hydrogen (secondary N) is 1. The van der Waals surface area contributed by atoms with E-state index in [1.165, 1.54) is 32.2 Å². The standard InChI is InChI=1S/C10H19N/c1-8(2)9-3-5-10(6-4-9)7-11-10/h8-9,11H,3-7H2,1-2H3. The highest BCUT2D eigenvalue weighted by Gasteiger charge is 2.44. The third-order valence-electron chi connectivity index (χ3n) is 3.61. The summed E-state index contributed by atoms with van der Waals surface area (Å²) in [6.07, 6.45) is 5.81. The molecule has 0 bridgehead atoms. The summed E-state index contributed by atoms with van der Waals surface area (Å²) in [5, 5.41) is 3.51. The summed E-state index contributed by atoms with van der Waals surface area (Å²) in [5.41, 5.74) is 0.644. The van der Waals surface area contributed by atoms with Gasteiger partial charge in [0.2, 0.25) is 0 Å². The van der Waals surface area contributed by atoms with Gasteiger partial charge in [-0.2, -0.15) is 0 Å². The van der Waals surface area contributed by atoms with E-state index < -0.39 is 0 Å². The van der Waals surface area contributed by atoms with E-state index in [1.807, 2.05) is 0 Å². The Morgan fingerprint density at radius 1 is 1.27 bits per heavy atom. The Morgan fingerprint density at radius 3 is 2.18 bits per heavy atom. The average Bonchev–Trinajstić information content (AvgIpc) is 2.70. The largest absolute Gasteiger partial charge is 0.308 e. The van der Waals surface area contributed by atoms with Gasteiger partial charge in [-0.3, -0.25) is 0 Å². The summed E-state index contributed by atoms with van der Waals surface area (Å²) in [6, 6.07) is 0. The molecule has 2 fully saturated rings. The molecule has 0 amide bonds. The molecule has 1 N–H and O–H groups in total. The molecule has 0 unspecified atom stereocenters. The van der Waals surface area contributed by atoms with Crippen molar-refractivity contribution in [1.29, 1.82) is 0 Å². The summed E-state index contributed by atoms with van der Waals surface area (Å²) >= 11 is 0. The van der Waals surface area contributed by atoms with Gasteiger partial charge in [0.25, 0.3) is 0 Å². The van der Waals surface area contributed by atoms with Gasteiger partial charge in [-0.05, 0) is 37.5 Å². The molecule has 11 heavy (non-hydrogen) atoms. The normalized spacial score (nSPS) is 43.4. The molecule has 1 aliphatic carbocycles. The van der Waals surface area contributed by atoms with Crippen molar-refractivity contribution in [3.63, 3.8) is 0 Å². The van der Waals surface area contributed by atoms with Gasteiger partial charge in [-0.25, -0.2) is 0 Å². The fourth-order valence-corrected chi connectivity index (χ4v) is 2.34. The molecule has 1 saturated carbocycles. The predicted molar refractivity (Wildman–Crippen MR) is 47.5 cm³/mol. The third kappa shape index (κ3) is 1.44. The molecule has 0 aromatic carbocycles. The van der Waals surface area contributed by atoms with Crippen LogP contribution in [-0.4, -0.2) is 12.1 Å². The summed E-state index contributed by atoms with van der Waals surface area (Å²) in [4.78, 5) is 0. The minimum atomic E-state index is 0.644. The van der Waals surface area contributed by atoms with Gasteiger partial charge in [0, 0.05) is 12.1 Å². The van der Waals surface area contributed by atoms with Crippen molar-refractivity contribution in [2.24, 2.45) is 11.8 Å². The molecule has 1 heterocycles. The van der Waals surface area contributed by atoms with E-state index in [-0.39, 0.29) is 0 Å². The van der Waals surface area contributed by atoms with Crippen LogP contribution in [0.25, 0.3) is 0 Å². The minimum Gasteiger partial charge on any atom is -0.308 e. The quantitative estimate of drug-likeness (QED) is 0.573. The third-order valence-corrected chi connectivity index (χ3v) is 3.61. The van der Waals surface area contributed by atoms with Gasteiger partial charge < -0.3 is 5.32 Å². The Bertz CT molecular complexity index is 137. The molecule has 64 valence electrons. The van der Waals surface area contributed by atoms with Crippen molar-refractivity contribution in [1.82, 2.24) is 5.32 Å². The molecule has 2 rings (SSSR count). The molecule has 2 aliphatic rings. The van der Waals surface area contributed by atoms with Crippen LogP contribution in [0.15, 0.2) is 0 Å². The lowest BCUT2D eigenvalue weighted by molar-refractivity contribution is 0.246.